The monoisotopic (exact) mass is 324 g/mol. The summed E-state index contributed by atoms with van der Waals surface area (Å²) in [4.78, 5) is 7.09. The second-order valence-corrected chi connectivity index (χ2v) is 6.73. The Bertz CT molecular complexity index is 818. The number of aryl methyl sites for hydroxylation is 1. The number of nitriles is 1. The van der Waals surface area contributed by atoms with Crippen LogP contribution in [0.3, 0.4) is 0 Å². The van der Waals surface area contributed by atoms with Gasteiger partial charge in [0.2, 0.25) is 0 Å². The van der Waals surface area contributed by atoms with E-state index in [1.807, 2.05) is 12.1 Å². The average Bonchev–Trinajstić information content (AvgIpc) is 3.19. The van der Waals surface area contributed by atoms with Gasteiger partial charge in [-0.05, 0) is 50.7 Å². The van der Waals surface area contributed by atoms with Gasteiger partial charge in [-0.15, -0.1) is 0 Å². The Balaban J connectivity index is 1.76. The van der Waals surface area contributed by atoms with Crippen molar-refractivity contribution in [2.75, 3.05) is 11.4 Å². The highest BCUT2D eigenvalue weighted by Crippen LogP contribution is 2.38. The van der Waals surface area contributed by atoms with Crippen molar-refractivity contribution in [2.45, 2.75) is 44.6 Å². The quantitative estimate of drug-likeness (QED) is 0.847. The Morgan fingerprint density at radius 2 is 2.08 bits per heavy atom. The van der Waals surface area contributed by atoms with Crippen LogP contribution in [-0.4, -0.2) is 16.1 Å². The van der Waals surface area contributed by atoms with Gasteiger partial charge < -0.3 is 9.47 Å². The predicted octanol–water partition coefficient (Wildman–Crippen LogP) is 3.65. The molecule has 0 spiro atoms. The third-order valence-corrected chi connectivity index (χ3v) is 5.37. The molecule has 1 aliphatic heterocycles. The third-order valence-electron chi connectivity index (χ3n) is 5.37. The van der Waals surface area contributed by atoms with E-state index in [0.29, 0.717) is 5.69 Å². The number of nitrogens with zero attached hydrogens (tertiary/aromatic N) is 4. The number of anilines is 1. The molecule has 0 bridgehead atoms. The third kappa shape index (κ3) is 2.29. The minimum Gasteiger partial charge on any atom is -0.360 e. The summed E-state index contributed by atoms with van der Waals surface area (Å²) in [5, 5.41) is 9.37. The molecule has 1 unspecified atom stereocenters. The molecule has 124 valence electrons. The van der Waals surface area contributed by atoms with Crippen LogP contribution in [0.25, 0.3) is 0 Å². The summed E-state index contributed by atoms with van der Waals surface area (Å²) in [6.07, 6.45) is 6.60. The zero-order valence-corrected chi connectivity index (χ0v) is 13.9. The van der Waals surface area contributed by atoms with Gasteiger partial charge in [-0.1, -0.05) is 6.07 Å². The summed E-state index contributed by atoms with van der Waals surface area (Å²) >= 11 is 0. The molecule has 5 heteroatoms. The number of rotatable bonds is 2. The van der Waals surface area contributed by atoms with Gasteiger partial charge in [0.25, 0.3) is 0 Å². The van der Waals surface area contributed by atoms with E-state index in [0.717, 1.165) is 38.1 Å². The first-order valence-corrected chi connectivity index (χ1v) is 8.70. The van der Waals surface area contributed by atoms with Gasteiger partial charge in [-0.3, -0.25) is 0 Å². The number of fused-ring (bicyclic) bond motifs is 1. The second kappa shape index (κ2) is 5.94. The SMILES string of the molecule is Cn1c(C2CCCN2c2cccc(F)c2C#N)nc2c1CCCC2. The largest absolute Gasteiger partial charge is 0.360 e. The first-order chi connectivity index (χ1) is 11.7. The highest BCUT2D eigenvalue weighted by atomic mass is 19.1. The number of hydrogen-bond donors (Lipinski definition) is 0. The molecular formula is C19H21FN4. The molecule has 2 aliphatic rings. The number of benzene rings is 1. The first kappa shape index (κ1) is 15.2. The van der Waals surface area contributed by atoms with Crippen molar-refractivity contribution in [1.29, 1.82) is 5.26 Å². The van der Waals surface area contributed by atoms with Crippen molar-refractivity contribution in [2.24, 2.45) is 7.05 Å². The highest BCUT2D eigenvalue weighted by Gasteiger charge is 2.33. The van der Waals surface area contributed by atoms with Crippen LogP contribution in [0.2, 0.25) is 0 Å². The van der Waals surface area contributed by atoms with Gasteiger partial charge >= 0.3 is 0 Å². The van der Waals surface area contributed by atoms with Crippen LogP contribution in [0.15, 0.2) is 18.2 Å². The average molecular weight is 324 g/mol. The molecule has 1 fully saturated rings. The van der Waals surface area contributed by atoms with E-state index in [4.69, 9.17) is 4.98 Å². The zero-order valence-electron chi connectivity index (χ0n) is 13.9. The van der Waals surface area contributed by atoms with Crippen LogP contribution >= 0.6 is 0 Å². The van der Waals surface area contributed by atoms with E-state index in [1.165, 1.54) is 30.3 Å². The molecule has 4 nitrogen and oxygen atoms in total. The second-order valence-electron chi connectivity index (χ2n) is 6.73. The molecule has 1 atom stereocenters. The number of aromatic nitrogens is 2. The molecule has 1 saturated heterocycles. The number of hydrogen-bond acceptors (Lipinski definition) is 3. The van der Waals surface area contributed by atoms with Crippen molar-refractivity contribution in [3.8, 4) is 6.07 Å². The van der Waals surface area contributed by atoms with Crippen molar-refractivity contribution in [3.63, 3.8) is 0 Å². The molecule has 1 aromatic carbocycles. The van der Waals surface area contributed by atoms with Crippen LogP contribution in [0.5, 0.6) is 0 Å². The van der Waals surface area contributed by atoms with Gasteiger partial charge in [-0.2, -0.15) is 5.26 Å². The minimum atomic E-state index is -0.445. The zero-order chi connectivity index (χ0) is 16.7. The molecule has 2 aromatic rings. The Labute approximate surface area is 141 Å². The molecule has 24 heavy (non-hydrogen) atoms. The molecule has 1 aromatic heterocycles. The maximum absolute atomic E-state index is 14.0. The molecular weight excluding hydrogens is 303 g/mol. The maximum Gasteiger partial charge on any atom is 0.143 e. The molecule has 2 heterocycles. The van der Waals surface area contributed by atoms with Crippen LogP contribution in [-0.2, 0) is 19.9 Å². The van der Waals surface area contributed by atoms with Crippen molar-refractivity contribution >= 4 is 5.69 Å². The predicted molar refractivity (Wildman–Crippen MR) is 90.3 cm³/mol. The van der Waals surface area contributed by atoms with E-state index < -0.39 is 5.82 Å². The van der Waals surface area contributed by atoms with E-state index in [2.05, 4.69) is 16.5 Å². The summed E-state index contributed by atoms with van der Waals surface area (Å²) in [5.74, 6) is 0.618. The van der Waals surface area contributed by atoms with E-state index in [-0.39, 0.29) is 11.6 Å². The smallest absolute Gasteiger partial charge is 0.143 e. The molecule has 0 radical (unpaired) electrons. The lowest BCUT2D eigenvalue weighted by Gasteiger charge is -2.27. The van der Waals surface area contributed by atoms with Gasteiger partial charge in [-0.25, -0.2) is 9.37 Å². The van der Waals surface area contributed by atoms with E-state index >= 15 is 0 Å². The first-order valence-electron chi connectivity index (χ1n) is 8.70. The maximum atomic E-state index is 14.0. The van der Waals surface area contributed by atoms with E-state index in [9.17, 15) is 9.65 Å². The molecule has 1 aliphatic carbocycles. The fraction of sp³-hybridized carbons (Fsp3) is 0.474. The number of imidazole rings is 1. The van der Waals surface area contributed by atoms with E-state index in [1.54, 1.807) is 6.07 Å². The fourth-order valence-corrected chi connectivity index (χ4v) is 4.19. The van der Waals surface area contributed by atoms with Gasteiger partial charge in [0, 0.05) is 19.3 Å². The Kier molecular flexibility index (Phi) is 3.76. The Hall–Kier alpha value is -2.35. The minimum absolute atomic E-state index is 0.120. The molecule has 4 rings (SSSR count). The summed E-state index contributed by atoms with van der Waals surface area (Å²) in [7, 11) is 2.10. The van der Waals surface area contributed by atoms with Crippen LogP contribution < -0.4 is 4.90 Å². The van der Waals surface area contributed by atoms with Gasteiger partial charge in [0.05, 0.1) is 17.4 Å². The molecule has 0 amide bonds. The summed E-state index contributed by atoms with van der Waals surface area (Å²) in [6.45, 7) is 0.834. The Morgan fingerprint density at radius 3 is 2.88 bits per heavy atom. The fourth-order valence-electron chi connectivity index (χ4n) is 4.19. The molecule has 0 N–H and O–H groups in total. The van der Waals surface area contributed by atoms with Crippen molar-refractivity contribution in [1.82, 2.24) is 9.55 Å². The summed E-state index contributed by atoms with van der Waals surface area (Å²) in [6, 6.07) is 7.04. The summed E-state index contributed by atoms with van der Waals surface area (Å²) in [5.41, 5.74) is 3.41. The van der Waals surface area contributed by atoms with Crippen LogP contribution in [0, 0.1) is 17.1 Å². The number of halogens is 1. The van der Waals surface area contributed by atoms with Gasteiger partial charge in [0.15, 0.2) is 0 Å². The lowest BCUT2D eigenvalue weighted by Crippen LogP contribution is -2.26. The van der Waals surface area contributed by atoms with Crippen molar-refractivity contribution < 1.29 is 4.39 Å². The topological polar surface area (TPSA) is 44.9 Å². The standard InChI is InChI=1S/C19H21FN4/c1-23-17-8-3-2-7-15(17)22-19(23)18-10-5-11-24(18)16-9-4-6-14(20)13(16)12-21/h4,6,9,18H,2-3,5,7-8,10-11H2,1H3. The molecule has 0 saturated carbocycles. The highest BCUT2D eigenvalue weighted by molar-refractivity contribution is 5.61. The van der Waals surface area contributed by atoms with Gasteiger partial charge in [0.1, 0.15) is 23.3 Å². The normalized spacial score (nSPS) is 20.0. The Morgan fingerprint density at radius 1 is 1.25 bits per heavy atom. The lowest BCUT2D eigenvalue weighted by atomic mass is 10.0. The van der Waals surface area contributed by atoms with Crippen molar-refractivity contribution in [3.05, 3.63) is 46.8 Å². The lowest BCUT2D eigenvalue weighted by molar-refractivity contribution is 0.603. The summed E-state index contributed by atoms with van der Waals surface area (Å²) < 4.78 is 16.3. The van der Waals surface area contributed by atoms with Crippen LogP contribution in [0.1, 0.15) is 54.5 Å². The van der Waals surface area contributed by atoms with Crippen LogP contribution in [0.4, 0.5) is 10.1 Å².